The molecule has 42 heavy (non-hydrogen) atoms. The number of benzene rings is 3. The molecular formula is C29H30Cl2F3N3O4S. The zero-order valence-electron chi connectivity index (χ0n) is 22.9. The third-order valence-electron chi connectivity index (χ3n) is 6.35. The molecule has 3 aromatic carbocycles. The van der Waals surface area contributed by atoms with Crippen LogP contribution in [-0.4, -0.2) is 44.3 Å². The summed E-state index contributed by atoms with van der Waals surface area (Å²) in [7, 11) is -4.55. The maximum absolute atomic E-state index is 14.0. The predicted octanol–water partition coefficient (Wildman–Crippen LogP) is 6.54. The van der Waals surface area contributed by atoms with Crippen LogP contribution in [0.2, 0.25) is 10.0 Å². The minimum Gasteiger partial charge on any atom is -0.354 e. The van der Waals surface area contributed by atoms with Gasteiger partial charge in [0.05, 0.1) is 21.2 Å². The van der Waals surface area contributed by atoms with Gasteiger partial charge in [-0.25, -0.2) is 8.42 Å². The molecule has 0 saturated heterocycles. The second-order valence-electron chi connectivity index (χ2n) is 9.35. The van der Waals surface area contributed by atoms with Crippen molar-refractivity contribution in [3.05, 3.63) is 94.0 Å². The third kappa shape index (κ3) is 8.17. The van der Waals surface area contributed by atoms with Crippen LogP contribution in [0.1, 0.15) is 37.8 Å². The number of nitrogens with one attached hydrogen (secondary N) is 1. The highest BCUT2D eigenvalue weighted by Gasteiger charge is 2.37. The van der Waals surface area contributed by atoms with Crippen molar-refractivity contribution < 1.29 is 31.2 Å². The molecule has 0 heterocycles. The highest BCUT2D eigenvalue weighted by molar-refractivity contribution is 7.92. The van der Waals surface area contributed by atoms with Gasteiger partial charge in [-0.2, -0.15) is 13.2 Å². The Bertz CT molecular complexity index is 1490. The van der Waals surface area contributed by atoms with Crippen molar-refractivity contribution in [1.29, 1.82) is 0 Å². The first-order valence-corrected chi connectivity index (χ1v) is 15.2. The third-order valence-corrected chi connectivity index (χ3v) is 8.72. The summed E-state index contributed by atoms with van der Waals surface area (Å²) in [5.41, 5.74) is -1.07. The van der Waals surface area contributed by atoms with E-state index in [1.165, 1.54) is 29.2 Å². The molecule has 7 nitrogen and oxygen atoms in total. The van der Waals surface area contributed by atoms with E-state index in [0.29, 0.717) is 33.9 Å². The van der Waals surface area contributed by atoms with Gasteiger partial charge in [-0.3, -0.25) is 13.9 Å². The molecule has 2 amide bonds. The molecule has 1 N–H and O–H groups in total. The van der Waals surface area contributed by atoms with Gasteiger partial charge in [0.2, 0.25) is 11.8 Å². The van der Waals surface area contributed by atoms with Gasteiger partial charge in [-0.1, -0.05) is 67.4 Å². The molecular weight excluding hydrogens is 614 g/mol. The number of rotatable bonds is 12. The van der Waals surface area contributed by atoms with Gasteiger partial charge in [0.25, 0.3) is 10.0 Å². The quantitative estimate of drug-likeness (QED) is 0.243. The maximum Gasteiger partial charge on any atom is 0.417 e. The number of hydrogen-bond donors (Lipinski definition) is 1. The van der Waals surface area contributed by atoms with E-state index in [1.54, 1.807) is 37.3 Å². The van der Waals surface area contributed by atoms with E-state index < -0.39 is 56.9 Å². The van der Waals surface area contributed by atoms with Crippen LogP contribution in [0.25, 0.3) is 0 Å². The molecule has 0 aliphatic rings. The van der Waals surface area contributed by atoms with Crippen molar-refractivity contribution in [3.63, 3.8) is 0 Å². The Morgan fingerprint density at radius 2 is 1.60 bits per heavy atom. The van der Waals surface area contributed by atoms with Crippen molar-refractivity contribution in [1.82, 2.24) is 10.2 Å². The Morgan fingerprint density at radius 3 is 2.17 bits per heavy atom. The van der Waals surface area contributed by atoms with Crippen LogP contribution in [0.3, 0.4) is 0 Å². The Hall–Kier alpha value is -3.28. The Balaban J connectivity index is 2.12. The van der Waals surface area contributed by atoms with E-state index in [0.717, 1.165) is 12.1 Å². The van der Waals surface area contributed by atoms with E-state index in [2.05, 4.69) is 5.32 Å². The second kappa shape index (κ2) is 14.3. The number of anilines is 1. The summed E-state index contributed by atoms with van der Waals surface area (Å²) in [4.78, 5) is 28.0. The number of hydrogen-bond acceptors (Lipinski definition) is 4. The smallest absolute Gasteiger partial charge is 0.354 e. The lowest BCUT2D eigenvalue weighted by atomic mass is 10.1. The fraction of sp³-hybridized carbons (Fsp3) is 0.310. The molecule has 0 spiro atoms. The van der Waals surface area contributed by atoms with E-state index in [4.69, 9.17) is 23.2 Å². The summed E-state index contributed by atoms with van der Waals surface area (Å²) in [5, 5.41) is 2.58. The lowest BCUT2D eigenvalue weighted by Crippen LogP contribution is -2.52. The van der Waals surface area contributed by atoms with Crippen molar-refractivity contribution in [3.8, 4) is 0 Å². The van der Waals surface area contributed by atoms with Gasteiger partial charge in [0.15, 0.2) is 0 Å². The predicted molar refractivity (Wildman–Crippen MR) is 157 cm³/mol. The number of carbonyl (C=O) groups is 2. The number of amides is 2. The molecule has 226 valence electrons. The lowest BCUT2D eigenvalue weighted by Gasteiger charge is -2.33. The van der Waals surface area contributed by atoms with Crippen LogP contribution >= 0.6 is 23.2 Å². The summed E-state index contributed by atoms with van der Waals surface area (Å²) in [6.07, 6.45) is -4.04. The molecule has 0 aromatic heterocycles. The standard InChI is InChI=1S/C29H30Cl2F3N3O4S/c1-3-16-35-28(39)26(4-2)36(18-20-10-12-21(30)13-11-20)27(38)19-37(42(40,41)23-8-6-5-7-9-23)22-14-15-25(31)24(17-22)29(32,33)34/h5-15,17,26H,3-4,16,18-19H2,1-2H3,(H,35,39)/t26-/m1/s1. The highest BCUT2D eigenvalue weighted by Crippen LogP contribution is 2.38. The largest absolute Gasteiger partial charge is 0.417 e. The highest BCUT2D eigenvalue weighted by atomic mass is 35.5. The van der Waals surface area contributed by atoms with E-state index in [-0.39, 0.29) is 17.9 Å². The number of alkyl halides is 3. The van der Waals surface area contributed by atoms with Gasteiger partial charge in [0, 0.05) is 18.1 Å². The number of carbonyl (C=O) groups excluding carboxylic acids is 2. The summed E-state index contributed by atoms with van der Waals surface area (Å²) < 4.78 is 69.4. The first kappa shape index (κ1) is 33.2. The second-order valence-corrected chi connectivity index (χ2v) is 12.1. The normalized spacial score (nSPS) is 12.5. The number of halogens is 5. The number of nitrogens with zero attached hydrogens (tertiary/aromatic N) is 2. The molecule has 0 fully saturated rings. The van der Waals surface area contributed by atoms with Crippen molar-refractivity contribution in [2.75, 3.05) is 17.4 Å². The Kier molecular flexibility index (Phi) is 11.3. The number of sulfonamides is 1. The van der Waals surface area contributed by atoms with Crippen molar-refractivity contribution in [2.24, 2.45) is 0 Å². The molecule has 0 saturated carbocycles. The average molecular weight is 645 g/mol. The van der Waals surface area contributed by atoms with Crippen LogP contribution in [0.4, 0.5) is 18.9 Å². The summed E-state index contributed by atoms with van der Waals surface area (Å²) >= 11 is 11.8. The maximum atomic E-state index is 14.0. The van der Waals surface area contributed by atoms with Crippen LogP contribution in [0.15, 0.2) is 77.7 Å². The summed E-state index contributed by atoms with van der Waals surface area (Å²) in [5.74, 6) is -1.24. The molecule has 0 bridgehead atoms. The monoisotopic (exact) mass is 643 g/mol. The fourth-order valence-corrected chi connectivity index (χ4v) is 5.98. The fourth-order valence-electron chi connectivity index (χ4n) is 4.21. The van der Waals surface area contributed by atoms with Gasteiger partial charge in [-0.05, 0) is 60.9 Å². The molecule has 0 aliphatic heterocycles. The summed E-state index contributed by atoms with van der Waals surface area (Å²) in [6.45, 7) is 2.96. The van der Waals surface area contributed by atoms with Crippen LogP contribution in [0.5, 0.6) is 0 Å². The summed E-state index contributed by atoms with van der Waals surface area (Å²) in [6, 6.07) is 15.2. The van der Waals surface area contributed by atoms with Gasteiger partial charge < -0.3 is 10.2 Å². The van der Waals surface area contributed by atoms with E-state index in [1.807, 2.05) is 6.92 Å². The molecule has 3 rings (SSSR count). The van der Waals surface area contributed by atoms with Gasteiger partial charge in [-0.15, -0.1) is 0 Å². The Labute approximate surface area is 253 Å². The minimum absolute atomic E-state index is 0.0816. The van der Waals surface area contributed by atoms with Gasteiger partial charge in [0.1, 0.15) is 12.6 Å². The molecule has 0 unspecified atom stereocenters. The van der Waals surface area contributed by atoms with E-state index >= 15 is 0 Å². The van der Waals surface area contributed by atoms with Crippen LogP contribution < -0.4 is 9.62 Å². The van der Waals surface area contributed by atoms with Gasteiger partial charge >= 0.3 is 6.18 Å². The van der Waals surface area contributed by atoms with Crippen molar-refractivity contribution in [2.45, 2.75) is 50.3 Å². The van der Waals surface area contributed by atoms with Crippen LogP contribution in [0, 0.1) is 0 Å². The van der Waals surface area contributed by atoms with Crippen LogP contribution in [-0.2, 0) is 32.3 Å². The molecule has 13 heteroatoms. The molecule has 0 aliphatic carbocycles. The lowest BCUT2D eigenvalue weighted by molar-refractivity contribution is -0.140. The molecule has 1 atom stereocenters. The first-order chi connectivity index (χ1) is 19.8. The zero-order valence-corrected chi connectivity index (χ0v) is 25.2. The molecule has 0 radical (unpaired) electrons. The van der Waals surface area contributed by atoms with Crippen molar-refractivity contribution >= 4 is 50.7 Å². The van der Waals surface area contributed by atoms with E-state index in [9.17, 15) is 31.2 Å². The average Bonchev–Trinajstić information content (AvgIpc) is 2.95. The SMILES string of the molecule is CCCNC(=O)[C@@H](CC)N(Cc1ccc(Cl)cc1)C(=O)CN(c1ccc(Cl)c(C(F)(F)F)c1)S(=O)(=O)c1ccccc1. The topological polar surface area (TPSA) is 86.8 Å². The minimum atomic E-state index is -4.88. The molecule has 3 aromatic rings. The first-order valence-electron chi connectivity index (χ1n) is 13.1. The zero-order chi connectivity index (χ0) is 31.1. The Morgan fingerprint density at radius 1 is 0.952 bits per heavy atom.